The van der Waals surface area contributed by atoms with E-state index < -0.39 is 24.7 Å². The van der Waals surface area contributed by atoms with Gasteiger partial charge in [-0.25, -0.2) is 9.59 Å². The number of carbonyl (C=O) groups is 2. The Morgan fingerprint density at radius 3 is 2.08 bits per heavy atom. The summed E-state index contributed by atoms with van der Waals surface area (Å²) in [6.45, 7) is -1.25. The minimum Gasteiger partial charge on any atom is -0.484 e. The van der Waals surface area contributed by atoms with Crippen molar-refractivity contribution in [3.63, 3.8) is 0 Å². The van der Waals surface area contributed by atoms with Gasteiger partial charge in [-0.2, -0.15) is 13.2 Å². The number of hydrogen-bond acceptors (Lipinski definition) is 7. The van der Waals surface area contributed by atoms with Crippen LogP contribution in [0, 0.1) is 0 Å². The Hall–Kier alpha value is -4.47. The number of nitrogen functional groups attached to an aromatic ring is 2. The SMILES string of the molecule is Nc1cc(N)cc(CCOC(=O)/C=C/c2ccc(C(=O)Oc3ccc(OCC(F)(F)F)cc3)cc2)c1. The number of anilines is 2. The average Bonchev–Trinajstić information content (AvgIpc) is 2.81. The Kier molecular flexibility index (Phi) is 8.56. The van der Waals surface area contributed by atoms with Crippen LogP contribution >= 0.6 is 0 Å². The molecule has 0 amide bonds. The van der Waals surface area contributed by atoms with Crippen LogP contribution in [0.1, 0.15) is 21.5 Å². The standard InChI is InChI=1S/C26H23F3N2O5/c27-26(28,29)16-35-22-6-8-23(9-7-22)36-25(33)19-4-1-17(2-5-19)3-10-24(32)34-12-11-18-13-20(30)15-21(31)14-18/h1-10,13-15H,11-12,16,30-31H2/b10-3+. The Morgan fingerprint density at radius 2 is 1.47 bits per heavy atom. The molecule has 0 radical (unpaired) electrons. The zero-order chi connectivity index (χ0) is 26.1. The maximum absolute atomic E-state index is 12.3. The van der Waals surface area contributed by atoms with Crippen LogP contribution in [0.5, 0.6) is 11.5 Å². The second-order valence-electron chi connectivity index (χ2n) is 7.65. The van der Waals surface area contributed by atoms with Crippen molar-refractivity contribution in [1.82, 2.24) is 0 Å². The third-order valence-corrected chi connectivity index (χ3v) is 4.67. The van der Waals surface area contributed by atoms with E-state index in [9.17, 15) is 22.8 Å². The summed E-state index contributed by atoms with van der Waals surface area (Å²) in [6, 6.07) is 16.6. The number of halogens is 3. The molecule has 4 N–H and O–H groups in total. The van der Waals surface area contributed by atoms with Crippen LogP contribution in [-0.2, 0) is 16.0 Å². The Labute approximate surface area is 205 Å². The van der Waals surface area contributed by atoms with Gasteiger partial charge in [-0.05, 0) is 71.8 Å². The van der Waals surface area contributed by atoms with Crippen molar-refractivity contribution >= 4 is 29.4 Å². The predicted octanol–water partition coefficient (Wildman–Crippen LogP) is 4.81. The highest BCUT2D eigenvalue weighted by atomic mass is 19.4. The summed E-state index contributed by atoms with van der Waals surface area (Å²) >= 11 is 0. The quantitative estimate of drug-likeness (QED) is 0.188. The number of nitrogens with two attached hydrogens (primary N) is 2. The molecule has 0 bridgehead atoms. The molecule has 0 heterocycles. The molecule has 3 aromatic rings. The molecule has 0 atom stereocenters. The molecule has 0 aliphatic heterocycles. The smallest absolute Gasteiger partial charge is 0.422 e. The first-order valence-electron chi connectivity index (χ1n) is 10.7. The van der Waals surface area contributed by atoms with Crippen LogP contribution in [0.25, 0.3) is 6.08 Å². The lowest BCUT2D eigenvalue weighted by atomic mass is 10.1. The normalized spacial score (nSPS) is 11.3. The van der Waals surface area contributed by atoms with Gasteiger partial charge in [-0.1, -0.05) is 12.1 Å². The Balaban J connectivity index is 1.46. The first kappa shape index (κ1) is 26.1. The third kappa shape index (κ3) is 8.71. The van der Waals surface area contributed by atoms with Crippen molar-refractivity contribution in [3.8, 4) is 11.5 Å². The highest BCUT2D eigenvalue weighted by Crippen LogP contribution is 2.22. The number of benzene rings is 3. The molecule has 0 aliphatic rings. The van der Waals surface area contributed by atoms with Crippen molar-refractivity contribution < 1.29 is 37.0 Å². The van der Waals surface area contributed by atoms with Gasteiger partial charge >= 0.3 is 18.1 Å². The predicted molar refractivity (Wildman–Crippen MR) is 128 cm³/mol. The van der Waals surface area contributed by atoms with E-state index in [2.05, 4.69) is 4.74 Å². The maximum Gasteiger partial charge on any atom is 0.422 e. The molecule has 0 fully saturated rings. The minimum atomic E-state index is -4.44. The van der Waals surface area contributed by atoms with Gasteiger partial charge in [0.25, 0.3) is 0 Å². The summed E-state index contributed by atoms with van der Waals surface area (Å²) in [5.74, 6) is -1.04. The topological polar surface area (TPSA) is 114 Å². The van der Waals surface area contributed by atoms with Crippen LogP contribution in [0.15, 0.2) is 72.8 Å². The lowest BCUT2D eigenvalue weighted by Crippen LogP contribution is -2.19. The van der Waals surface area contributed by atoms with Gasteiger partial charge in [-0.3, -0.25) is 0 Å². The zero-order valence-electron chi connectivity index (χ0n) is 19.0. The summed E-state index contributed by atoms with van der Waals surface area (Å²) in [5, 5.41) is 0. The van der Waals surface area contributed by atoms with Crippen LogP contribution in [0.3, 0.4) is 0 Å². The van der Waals surface area contributed by atoms with E-state index in [1.807, 2.05) is 0 Å². The van der Waals surface area contributed by atoms with Crippen molar-refractivity contribution in [1.29, 1.82) is 0 Å². The number of ether oxygens (including phenoxy) is 3. The van der Waals surface area contributed by atoms with Crippen LogP contribution in [0.2, 0.25) is 0 Å². The number of hydrogen-bond donors (Lipinski definition) is 2. The average molecular weight is 500 g/mol. The Bertz CT molecular complexity index is 1200. The highest BCUT2D eigenvalue weighted by molar-refractivity contribution is 5.91. The van der Waals surface area contributed by atoms with Crippen molar-refractivity contribution in [3.05, 3.63) is 89.5 Å². The number of alkyl halides is 3. The first-order valence-corrected chi connectivity index (χ1v) is 10.7. The molecular formula is C26H23F3N2O5. The fourth-order valence-electron chi connectivity index (χ4n) is 3.04. The van der Waals surface area contributed by atoms with E-state index in [1.54, 1.807) is 30.3 Å². The van der Waals surface area contributed by atoms with Gasteiger partial charge in [0, 0.05) is 23.9 Å². The van der Waals surface area contributed by atoms with E-state index in [0.29, 0.717) is 23.4 Å². The number of rotatable bonds is 9. The lowest BCUT2D eigenvalue weighted by molar-refractivity contribution is -0.153. The van der Waals surface area contributed by atoms with E-state index in [0.717, 1.165) is 5.56 Å². The molecule has 3 aromatic carbocycles. The molecule has 0 aromatic heterocycles. The molecule has 0 unspecified atom stereocenters. The molecule has 0 aliphatic carbocycles. The fraction of sp³-hybridized carbons (Fsp3) is 0.154. The Morgan fingerprint density at radius 1 is 0.861 bits per heavy atom. The summed E-state index contributed by atoms with van der Waals surface area (Å²) < 4.78 is 51.6. The van der Waals surface area contributed by atoms with Gasteiger partial charge < -0.3 is 25.7 Å². The second-order valence-corrected chi connectivity index (χ2v) is 7.65. The van der Waals surface area contributed by atoms with Gasteiger partial charge in [0.15, 0.2) is 6.61 Å². The monoisotopic (exact) mass is 500 g/mol. The molecule has 36 heavy (non-hydrogen) atoms. The molecule has 188 valence electrons. The molecule has 7 nitrogen and oxygen atoms in total. The fourth-order valence-corrected chi connectivity index (χ4v) is 3.04. The molecule has 0 saturated carbocycles. The molecule has 0 spiro atoms. The van der Waals surface area contributed by atoms with Gasteiger partial charge in [-0.15, -0.1) is 0 Å². The van der Waals surface area contributed by atoms with E-state index in [4.69, 9.17) is 20.9 Å². The lowest BCUT2D eigenvalue weighted by Gasteiger charge is -2.09. The molecular weight excluding hydrogens is 477 g/mol. The van der Waals surface area contributed by atoms with E-state index in [1.165, 1.54) is 48.6 Å². The summed E-state index contributed by atoms with van der Waals surface area (Å²) in [4.78, 5) is 24.2. The van der Waals surface area contributed by atoms with Crippen LogP contribution in [0.4, 0.5) is 24.5 Å². The van der Waals surface area contributed by atoms with Gasteiger partial charge in [0.05, 0.1) is 12.2 Å². The van der Waals surface area contributed by atoms with Gasteiger partial charge in [0.2, 0.25) is 0 Å². The van der Waals surface area contributed by atoms with Crippen molar-refractivity contribution in [2.75, 3.05) is 24.7 Å². The van der Waals surface area contributed by atoms with Crippen molar-refractivity contribution in [2.24, 2.45) is 0 Å². The van der Waals surface area contributed by atoms with E-state index in [-0.39, 0.29) is 23.7 Å². The summed E-state index contributed by atoms with van der Waals surface area (Å²) in [7, 11) is 0. The van der Waals surface area contributed by atoms with Crippen LogP contribution in [-0.4, -0.2) is 31.3 Å². The summed E-state index contributed by atoms with van der Waals surface area (Å²) in [6.07, 6.45) is -1.17. The first-order chi connectivity index (χ1) is 17.1. The third-order valence-electron chi connectivity index (χ3n) is 4.67. The second kappa shape index (κ2) is 11.8. The summed E-state index contributed by atoms with van der Waals surface area (Å²) in [5.41, 5.74) is 14.3. The largest absolute Gasteiger partial charge is 0.484 e. The highest BCUT2D eigenvalue weighted by Gasteiger charge is 2.28. The molecule has 3 rings (SSSR count). The minimum absolute atomic E-state index is 0.00347. The van der Waals surface area contributed by atoms with E-state index >= 15 is 0 Å². The maximum atomic E-state index is 12.3. The molecule has 10 heteroatoms. The molecule has 0 saturated heterocycles. The van der Waals surface area contributed by atoms with Gasteiger partial charge in [0.1, 0.15) is 11.5 Å². The zero-order valence-corrected chi connectivity index (χ0v) is 19.0. The van der Waals surface area contributed by atoms with Crippen LogP contribution < -0.4 is 20.9 Å². The number of carbonyl (C=O) groups excluding carboxylic acids is 2. The van der Waals surface area contributed by atoms with Crippen molar-refractivity contribution in [2.45, 2.75) is 12.6 Å². The number of esters is 2.